The largest absolute Gasteiger partial charge is 0.497 e. The third-order valence-corrected chi connectivity index (χ3v) is 4.45. The lowest BCUT2D eigenvalue weighted by molar-refractivity contribution is 0.104. The Balaban J connectivity index is 2.07. The Kier molecular flexibility index (Phi) is 4.06. The van der Waals surface area contributed by atoms with Crippen LogP contribution in [0.15, 0.2) is 30.0 Å². The van der Waals surface area contributed by atoms with Crippen LogP contribution in [-0.4, -0.2) is 20.0 Å². The summed E-state index contributed by atoms with van der Waals surface area (Å²) in [5, 5.41) is 3.20. The first-order valence-electron chi connectivity index (χ1n) is 7.82. The summed E-state index contributed by atoms with van der Waals surface area (Å²) in [5.41, 5.74) is 6.43. The van der Waals surface area contributed by atoms with Crippen LogP contribution in [0, 0.1) is 20.8 Å². The van der Waals surface area contributed by atoms with Crippen LogP contribution in [0.25, 0.3) is 6.08 Å². The first-order chi connectivity index (χ1) is 11.4. The van der Waals surface area contributed by atoms with Crippen LogP contribution in [0.3, 0.4) is 0 Å². The first-order valence-corrected chi connectivity index (χ1v) is 7.82. The van der Waals surface area contributed by atoms with Gasteiger partial charge in [-0.3, -0.25) is 4.79 Å². The number of carbonyl (C=O) groups excluding carboxylic acids is 1. The van der Waals surface area contributed by atoms with Gasteiger partial charge in [0.05, 0.1) is 31.2 Å². The van der Waals surface area contributed by atoms with E-state index in [1.54, 1.807) is 20.3 Å². The van der Waals surface area contributed by atoms with Crippen LogP contribution < -0.4 is 14.8 Å². The predicted octanol–water partition coefficient (Wildman–Crippen LogP) is 4.28. The van der Waals surface area contributed by atoms with Crippen LogP contribution in [-0.2, 0) is 0 Å². The number of ether oxygens (including phenoxy) is 2. The fourth-order valence-corrected chi connectivity index (χ4v) is 2.93. The molecule has 1 aliphatic rings. The number of Topliss-reactive ketones (excluding diaryl/α,β-unsaturated/α-hetero) is 1. The Morgan fingerprint density at radius 2 is 1.62 bits per heavy atom. The monoisotopic (exact) mass is 323 g/mol. The van der Waals surface area contributed by atoms with E-state index in [-0.39, 0.29) is 5.78 Å². The van der Waals surface area contributed by atoms with E-state index in [4.69, 9.17) is 9.47 Å². The van der Waals surface area contributed by atoms with Gasteiger partial charge in [0.1, 0.15) is 11.5 Å². The molecule has 0 saturated carbocycles. The summed E-state index contributed by atoms with van der Waals surface area (Å²) in [4.78, 5) is 12.8. The zero-order valence-electron chi connectivity index (χ0n) is 14.6. The maximum atomic E-state index is 12.8. The molecule has 0 bridgehead atoms. The third-order valence-electron chi connectivity index (χ3n) is 4.45. The second kappa shape index (κ2) is 6.04. The molecule has 124 valence electrons. The average molecular weight is 323 g/mol. The zero-order valence-corrected chi connectivity index (χ0v) is 14.6. The van der Waals surface area contributed by atoms with Crippen molar-refractivity contribution in [2.45, 2.75) is 20.8 Å². The number of hydrogen-bond donors (Lipinski definition) is 1. The van der Waals surface area contributed by atoms with Gasteiger partial charge in [0.25, 0.3) is 0 Å². The number of anilines is 1. The molecule has 1 heterocycles. The van der Waals surface area contributed by atoms with Crippen molar-refractivity contribution in [3.8, 4) is 11.5 Å². The number of fused-ring (bicyclic) bond motifs is 1. The van der Waals surface area contributed by atoms with Crippen molar-refractivity contribution in [2.75, 3.05) is 19.5 Å². The Labute approximate surface area is 142 Å². The lowest BCUT2D eigenvalue weighted by atomic mass is 9.99. The van der Waals surface area contributed by atoms with Gasteiger partial charge in [-0.25, -0.2) is 0 Å². The minimum atomic E-state index is -0.0675. The fourth-order valence-electron chi connectivity index (χ4n) is 2.93. The Morgan fingerprint density at radius 3 is 2.29 bits per heavy atom. The van der Waals surface area contributed by atoms with Crippen molar-refractivity contribution in [3.63, 3.8) is 0 Å². The molecular weight excluding hydrogens is 302 g/mol. The number of methoxy groups -OCH3 is 2. The van der Waals surface area contributed by atoms with E-state index in [9.17, 15) is 4.79 Å². The van der Waals surface area contributed by atoms with Gasteiger partial charge in [-0.05, 0) is 49.1 Å². The van der Waals surface area contributed by atoms with Gasteiger partial charge in [-0.1, -0.05) is 12.1 Å². The molecule has 0 radical (unpaired) electrons. The number of hydrogen-bond acceptors (Lipinski definition) is 4. The number of benzene rings is 2. The molecule has 0 atom stereocenters. The molecule has 0 amide bonds. The van der Waals surface area contributed by atoms with Crippen molar-refractivity contribution < 1.29 is 14.3 Å². The number of carbonyl (C=O) groups is 1. The number of allylic oxidation sites excluding steroid dienone is 1. The molecule has 1 aliphatic heterocycles. The summed E-state index contributed by atoms with van der Waals surface area (Å²) in [7, 11) is 3.14. The van der Waals surface area contributed by atoms with Crippen LogP contribution in [0.4, 0.5) is 5.69 Å². The minimum Gasteiger partial charge on any atom is -0.497 e. The highest BCUT2D eigenvalue weighted by Gasteiger charge is 2.29. The molecule has 0 spiro atoms. The number of ketones is 1. The van der Waals surface area contributed by atoms with Crippen LogP contribution in [0.5, 0.6) is 11.5 Å². The molecule has 2 aromatic rings. The van der Waals surface area contributed by atoms with Crippen LogP contribution in [0.1, 0.15) is 32.6 Å². The van der Waals surface area contributed by atoms with Gasteiger partial charge in [0.15, 0.2) is 0 Å². The van der Waals surface area contributed by atoms with Gasteiger partial charge in [0.2, 0.25) is 5.78 Å². The van der Waals surface area contributed by atoms with Crippen molar-refractivity contribution in [1.82, 2.24) is 0 Å². The molecule has 4 heteroatoms. The standard InChI is InChI=1S/C20H21NO3/c1-11-6-13(3)14(7-12(11)2)8-17-20(22)19-16(21-17)9-15(23-4)10-18(19)24-5/h6-10,21H,1-5H3/b17-8-. The number of aryl methyl sites for hydroxylation is 3. The summed E-state index contributed by atoms with van der Waals surface area (Å²) in [6.07, 6.45) is 1.90. The molecule has 0 saturated heterocycles. The van der Waals surface area contributed by atoms with E-state index in [0.717, 1.165) is 11.1 Å². The summed E-state index contributed by atoms with van der Waals surface area (Å²) < 4.78 is 10.6. The van der Waals surface area contributed by atoms with Gasteiger partial charge < -0.3 is 14.8 Å². The van der Waals surface area contributed by atoms with Crippen molar-refractivity contribution in [2.24, 2.45) is 0 Å². The quantitative estimate of drug-likeness (QED) is 0.857. The van der Waals surface area contributed by atoms with E-state index in [1.165, 1.54) is 11.1 Å². The van der Waals surface area contributed by atoms with E-state index in [0.29, 0.717) is 28.4 Å². The zero-order chi connectivity index (χ0) is 17.4. The molecule has 0 unspecified atom stereocenters. The Bertz CT molecular complexity index is 866. The number of nitrogens with one attached hydrogen (secondary N) is 1. The normalized spacial score (nSPS) is 14.5. The fraction of sp³-hybridized carbons (Fsp3) is 0.250. The lowest BCUT2D eigenvalue weighted by Gasteiger charge is -2.08. The van der Waals surface area contributed by atoms with Gasteiger partial charge >= 0.3 is 0 Å². The van der Waals surface area contributed by atoms with Crippen LogP contribution in [0.2, 0.25) is 0 Å². The van der Waals surface area contributed by atoms with E-state index in [2.05, 4.69) is 38.2 Å². The second-order valence-electron chi connectivity index (χ2n) is 6.06. The maximum Gasteiger partial charge on any atom is 0.215 e. The Morgan fingerprint density at radius 1 is 0.917 bits per heavy atom. The number of rotatable bonds is 3. The minimum absolute atomic E-state index is 0.0675. The smallest absolute Gasteiger partial charge is 0.215 e. The van der Waals surface area contributed by atoms with E-state index in [1.807, 2.05) is 12.1 Å². The maximum absolute atomic E-state index is 12.8. The lowest BCUT2D eigenvalue weighted by Crippen LogP contribution is -2.01. The van der Waals surface area contributed by atoms with Gasteiger partial charge in [0, 0.05) is 12.1 Å². The molecule has 0 fully saturated rings. The van der Waals surface area contributed by atoms with Crippen LogP contribution >= 0.6 is 0 Å². The Hall–Kier alpha value is -2.75. The molecule has 4 nitrogen and oxygen atoms in total. The molecule has 0 aromatic heterocycles. The molecule has 3 rings (SSSR count). The summed E-state index contributed by atoms with van der Waals surface area (Å²) >= 11 is 0. The molecule has 24 heavy (non-hydrogen) atoms. The highest BCUT2D eigenvalue weighted by Crippen LogP contribution is 2.39. The van der Waals surface area contributed by atoms with Crippen molar-refractivity contribution >= 4 is 17.5 Å². The topological polar surface area (TPSA) is 47.6 Å². The molecule has 0 aliphatic carbocycles. The average Bonchev–Trinajstić information content (AvgIpc) is 2.87. The molecule has 2 aromatic carbocycles. The summed E-state index contributed by atoms with van der Waals surface area (Å²) in [6, 6.07) is 7.78. The highest BCUT2D eigenvalue weighted by molar-refractivity contribution is 6.22. The molecular formula is C20H21NO3. The highest BCUT2D eigenvalue weighted by atomic mass is 16.5. The van der Waals surface area contributed by atoms with Crippen molar-refractivity contribution in [3.05, 3.63) is 57.8 Å². The first kappa shape index (κ1) is 16.1. The SMILES string of the molecule is COc1cc2c(c(OC)c1)C(=O)/C(=C/c1cc(C)c(C)cc1C)N2. The summed E-state index contributed by atoms with van der Waals surface area (Å²) in [5.74, 6) is 1.10. The van der Waals surface area contributed by atoms with E-state index >= 15 is 0 Å². The second-order valence-corrected chi connectivity index (χ2v) is 6.06. The molecule has 1 N–H and O–H groups in total. The van der Waals surface area contributed by atoms with Crippen molar-refractivity contribution in [1.29, 1.82) is 0 Å². The van der Waals surface area contributed by atoms with Gasteiger partial charge in [-0.2, -0.15) is 0 Å². The predicted molar refractivity (Wildman–Crippen MR) is 96.1 cm³/mol. The third kappa shape index (κ3) is 2.64. The van der Waals surface area contributed by atoms with Gasteiger partial charge in [-0.15, -0.1) is 0 Å². The van der Waals surface area contributed by atoms with E-state index < -0.39 is 0 Å². The summed E-state index contributed by atoms with van der Waals surface area (Å²) in [6.45, 7) is 6.21.